The second-order valence-corrected chi connectivity index (χ2v) is 6.70. The van der Waals surface area contributed by atoms with Crippen LogP contribution >= 0.6 is 15.9 Å². The molecule has 0 unspecified atom stereocenters. The Morgan fingerprint density at radius 2 is 2.05 bits per heavy atom. The first-order valence-corrected chi connectivity index (χ1v) is 7.80. The van der Waals surface area contributed by atoms with Crippen LogP contribution in [0.4, 0.5) is 4.39 Å². The molecule has 1 N–H and O–H groups in total. The number of hydrogen-bond donors (Lipinski definition) is 1. The summed E-state index contributed by atoms with van der Waals surface area (Å²) in [6.45, 7) is 1.82. The molecule has 2 aliphatic heterocycles. The van der Waals surface area contributed by atoms with Crippen molar-refractivity contribution < 1.29 is 14.0 Å². The third-order valence-corrected chi connectivity index (χ3v) is 5.14. The van der Waals surface area contributed by atoms with Gasteiger partial charge in [-0.2, -0.15) is 0 Å². The molecule has 2 amide bonds. The Morgan fingerprint density at radius 1 is 1.33 bits per heavy atom. The Balaban J connectivity index is 1.72. The number of hydrogen-bond acceptors (Lipinski definition) is 2. The number of piperidine rings is 1. The normalized spacial score (nSPS) is 20.7. The van der Waals surface area contributed by atoms with Crippen LogP contribution in [-0.4, -0.2) is 36.3 Å². The highest BCUT2D eigenvalue weighted by atomic mass is 79.9. The maximum atomic E-state index is 13.9. The minimum atomic E-state index is -0.507. The topological polar surface area (TPSA) is 49.4 Å². The van der Waals surface area contributed by atoms with E-state index in [2.05, 4.69) is 21.2 Å². The fourth-order valence-corrected chi connectivity index (χ4v) is 3.66. The van der Waals surface area contributed by atoms with Crippen LogP contribution in [0.15, 0.2) is 22.7 Å². The van der Waals surface area contributed by atoms with Gasteiger partial charge in [-0.25, -0.2) is 4.39 Å². The summed E-state index contributed by atoms with van der Waals surface area (Å²) in [6.07, 6.45) is 2.10. The Morgan fingerprint density at radius 3 is 2.62 bits per heavy atom. The molecule has 0 saturated carbocycles. The second kappa shape index (κ2) is 5.40. The number of amides is 2. The van der Waals surface area contributed by atoms with Crippen molar-refractivity contribution in [3.05, 3.63) is 34.1 Å². The summed E-state index contributed by atoms with van der Waals surface area (Å²) >= 11 is 3.24. The number of carbonyl (C=O) groups is 2. The lowest BCUT2D eigenvalue weighted by Crippen LogP contribution is -2.44. The summed E-state index contributed by atoms with van der Waals surface area (Å²) < 4.78 is 14.3. The summed E-state index contributed by atoms with van der Waals surface area (Å²) in [5.74, 6) is -0.703. The summed E-state index contributed by atoms with van der Waals surface area (Å²) in [7, 11) is 0. The van der Waals surface area contributed by atoms with Crippen molar-refractivity contribution >= 4 is 27.7 Å². The van der Waals surface area contributed by atoms with Crippen molar-refractivity contribution in [3.63, 3.8) is 0 Å². The summed E-state index contributed by atoms with van der Waals surface area (Å²) in [6, 6.07) is 4.53. The number of nitrogens with zero attached hydrogens (tertiary/aromatic N) is 1. The second-order valence-electron chi connectivity index (χ2n) is 5.84. The number of rotatable bonds is 1. The van der Waals surface area contributed by atoms with E-state index in [1.165, 1.54) is 6.07 Å². The zero-order chi connectivity index (χ0) is 15.0. The van der Waals surface area contributed by atoms with Crippen LogP contribution in [0.5, 0.6) is 0 Å². The zero-order valence-corrected chi connectivity index (χ0v) is 13.1. The molecule has 2 fully saturated rings. The van der Waals surface area contributed by atoms with E-state index in [1.807, 2.05) is 0 Å². The molecule has 0 aliphatic carbocycles. The average Bonchev–Trinajstić information content (AvgIpc) is 2.80. The van der Waals surface area contributed by atoms with Gasteiger partial charge < -0.3 is 10.2 Å². The Labute approximate surface area is 130 Å². The summed E-state index contributed by atoms with van der Waals surface area (Å²) in [5.41, 5.74) is 0.0782. The van der Waals surface area contributed by atoms with Crippen LogP contribution in [0.1, 0.15) is 29.6 Å². The van der Waals surface area contributed by atoms with Crippen molar-refractivity contribution in [2.24, 2.45) is 5.41 Å². The summed E-state index contributed by atoms with van der Waals surface area (Å²) in [4.78, 5) is 25.6. The molecule has 0 radical (unpaired) electrons. The number of halogens is 2. The molecule has 112 valence electrons. The zero-order valence-electron chi connectivity index (χ0n) is 11.5. The van der Waals surface area contributed by atoms with Crippen molar-refractivity contribution in [1.29, 1.82) is 0 Å². The van der Waals surface area contributed by atoms with Crippen molar-refractivity contribution in [1.82, 2.24) is 10.2 Å². The van der Waals surface area contributed by atoms with Crippen LogP contribution in [0.25, 0.3) is 0 Å². The van der Waals surface area contributed by atoms with E-state index in [9.17, 15) is 14.0 Å². The van der Waals surface area contributed by atoms with E-state index in [-0.39, 0.29) is 22.8 Å². The largest absolute Gasteiger partial charge is 0.356 e. The number of benzene rings is 1. The van der Waals surface area contributed by atoms with E-state index in [4.69, 9.17) is 0 Å². The molecule has 0 atom stereocenters. The van der Waals surface area contributed by atoms with E-state index in [0.29, 0.717) is 30.5 Å². The quantitative estimate of drug-likeness (QED) is 0.841. The Bertz CT molecular complexity index is 577. The van der Waals surface area contributed by atoms with Crippen LogP contribution in [-0.2, 0) is 4.79 Å². The predicted molar refractivity (Wildman–Crippen MR) is 79.3 cm³/mol. The summed E-state index contributed by atoms with van der Waals surface area (Å²) in [5, 5.41) is 2.86. The van der Waals surface area contributed by atoms with Gasteiger partial charge in [-0.15, -0.1) is 0 Å². The molecule has 1 aromatic rings. The van der Waals surface area contributed by atoms with Gasteiger partial charge in [0.1, 0.15) is 5.82 Å². The maximum Gasteiger partial charge on any atom is 0.257 e. The van der Waals surface area contributed by atoms with Gasteiger partial charge in [0.15, 0.2) is 0 Å². The molecule has 6 heteroatoms. The van der Waals surface area contributed by atoms with E-state index < -0.39 is 5.82 Å². The van der Waals surface area contributed by atoms with Gasteiger partial charge in [0.05, 0.1) is 5.56 Å². The third kappa shape index (κ3) is 2.69. The van der Waals surface area contributed by atoms with Crippen LogP contribution < -0.4 is 5.32 Å². The van der Waals surface area contributed by atoms with Gasteiger partial charge >= 0.3 is 0 Å². The minimum absolute atomic E-state index is 0.0136. The van der Waals surface area contributed by atoms with Gasteiger partial charge in [0, 0.05) is 30.5 Å². The highest BCUT2D eigenvalue weighted by molar-refractivity contribution is 9.10. The SMILES string of the molecule is O=C1CC2(CCN(C(=O)c3c(F)cccc3Br)CC2)CN1. The van der Waals surface area contributed by atoms with Crippen LogP contribution in [0.2, 0.25) is 0 Å². The molecule has 0 aromatic heterocycles. The van der Waals surface area contributed by atoms with Gasteiger partial charge in [0.2, 0.25) is 5.91 Å². The fourth-order valence-electron chi connectivity index (χ4n) is 3.15. The smallest absolute Gasteiger partial charge is 0.257 e. The van der Waals surface area contributed by atoms with Crippen molar-refractivity contribution in [3.8, 4) is 0 Å². The molecule has 1 spiro atoms. The Kier molecular flexibility index (Phi) is 3.73. The van der Waals surface area contributed by atoms with E-state index in [1.54, 1.807) is 17.0 Å². The molecule has 2 aliphatic rings. The lowest BCUT2D eigenvalue weighted by atomic mass is 9.77. The first-order chi connectivity index (χ1) is 10.0. The molecular formula is C15H16BrFN2O2. The molecule has 2 heterocycles. The van der Waals surface area contributed by atoms with E-state index >= 15 is 0 Å². The molecule has 21 heavy (non-hydrogen) atoms. The predicted octanol–water partition coefficient (Wildman–Crippen LogP) is 2.33. The van der Waals surface area contributed by atoms with Crippen LogP contribution in [0, 0.1) is 11.2 Å². The average molecular weight is 355 g/mol. The van der Waals surface area contributed by atoms with Crippen molar-refractivity contribution in [2.45, 2.75) is 19.3 Å². The number of likely N-dealkylation sites (tertiary alicyclic amines) is 1. The van der Waals surface area contributed by atoms with Gasteiger partial charge in [-0.1, -0.05) is 6.07 Å². The van der Waals surface area contributed by atoms with Crippen LogP contribution in [0.3, 0.4) is 0 Å². The van der Waals surface area contributed by atoms with Gasteiger partial charge in [0.25, 0.3) is 5.91 Å². The molecule has 2 saturated heterocycles. The first kappa shape index (κ1) is 14.5. The lowest BCUT2D eigenvalue weighted by Gasteiger charge is -2.38. The fraction of sp³-hybridized carbons (Fsp3) is 0.467. The number of nitrogens with one attached hydrogen (secondary N) is 1. The first-order valence-electron chi connectivity index (χ1n) is 7.01. The van der Waals surface area contributed by atoms with Gasteiger partial charge in [-0.05, 0) is 46.3 Å². The Hall–Kier alpha value is -1.43. The molecule has 0 bridgehead atoms. The highest BCUT2D eigenvalue weighted by Crippen LogP contribution is 2.38. The van der Waals surface area contributed by atoms with Crippen molar-refractivity contribution in [2.75, 3.05) is 19.6 Å². The molecule has 4 nitrogen and oxygen atoms in total. The highest BCUT2D eigenvalue weighted by Gasteiger charge is 2.42. The molecule has 1 aromatic carbocycles. The minimum Gasteiger partial charge on any atom is -0.356 e. The monoisotopic (exact) mass is 354 g/mol. The lowest BCUT2D eigenvalue weighted by molar-refractivity contribution is -0.119. The standard InChI is InChI=1S/C15H16BrFN2O2/c16-10-2-1-3-11(17)13(10)14(21)19-6-4-15(5-7-19)8-12(20)18-9-15/h1-3H,4-9H2,(H,18,20). The maximum absolute atomic E-state index is 13.9. The molecular weight excluding hydrogens is 339 g/mol. The van der Waals surface area contributed by atoms with Gasteiger partial charge in [-0.3, -0.25) is 9.59 Å². The molecule has 3 rings (SSSR count). The third-order valence-electron chi connectivity index (χ3n) is 4.48. The number of carbonyl (C=O) groups excluding carboxylic acids is 2. The van der Waals surface area contributed by atoms with E-state index in [0.717, 1.165) is 12.8 Å².